The fraction of sp³-hybridized carbons (Fsp3) is 0.0435. The third kappa shape index (κ3) is 4.67. The third-order valence-electron chi connectivity index (χ3n) is 4.23. The predicted octanol–water partition coefficient (Wildman–Crippen LogP) is 5.92. The Morgan fingerprint density at radius 2 is 1.66 bits per heavy atom. The molecule has 0 atom stereocenters. The molecule has 0 aromatic heterocycles. The van der Waals surface area contributed by atoms with Crippen molar-refractivity contribution < 1.29 is 14.3 Å². The molecule has 0 bridgehead atoms. The second-order valence-electron chi connectivity index (χ2n) is 6.30. The van der Waals surface area contributed by atoms with E-state index in [0.29, 0.717) is 22.2 Å². The van der Waals surface area contributed by atoms with Gasteiger partial charge < -0.3 is 9.47 Å². The fourth-order valence-corrected chi connectivity index (χ4v) is 3.07. The first kappa shape index (κ1) is 19.2. The summed E-state index contributed by atoms with van der Waals surface area (Å²) in [6.07, 6.45) is 1.66. The molecule has 1 heterocycles. The zero-order valence-electron chi connectivity index (χ0n) is 15.1. The largest absolute Gasteiger partial charge is 0.489 e. The highest BCUT2D eigenvalue weighted by atomic mass is 35.5. The average molecular weight is 424 g/mol. The number of hydrogen-bond acceptors (Lipinski definition) is 4. The number of ether oxygens (including phenoxy) is 2. The van der Waals surface area contributed by atoms with Crippen molar-refractivity contribution in [3.63, 3.8) is 0 Å². The molecular weight excluding hydrogens is 409 g/mol. The lowest BCUT2D eigenvalue weighted by Crippen LogP contribution is -2.05. The molecule has 0 fully saturated rings. The number of carbonyl (C=O) groups is 1. The monoisotopic (exact) mass is 423 g/mol. The van der Waals surface area contributed by atoms with E-state index in [1.807, 2.05) is 54.6 Å². The summed E-state index contributed by atoms with van der Waals surface area (Å²) in [5, 5.41) is 1.17. The molecule has 1 aliphatic heterocycles. The van der Waals surface area contributed by atoms with Gasteiger partial charge in [-0.05, 0) is 53.6 Å². The number of cyclic esters (lactones) is 1. The quantitative estimate of drug-likeness (QED) is 0.378. The molecule has 0 saturated heterocycles. The number of esters is 1. The molecule has 0 radical (unpaired) electrons. The van der Waals surface area contributed by atoms with Crippen LogP contribution in [0.4, 0.5) is 0 Å². The van der Waals surface area contributed by atoms with E-state index in [2.05, 4.69) is 4.99 Å². The van der Waals surface area contributed by atoms with Gasteiger partial charge in [-0.3, -0.25) is 0 Å². The highest BCUT2D eigenvalue weighted by Crippen LogP contribution is 2.24. The van der Waals surface area contributed by atoms with Gasteiger partial charge in [-0.15, -0.1) is 0 Å². The number of carbonyl (C=O) groups excluding carboxylic acids is 1. The SMILES string of the molecule is O=C1OC(c2ccccc2Cl)=N/C1=C\c1ccc(OCc2ccc(Cl)cc2)cc1. The van der Waals surface area contributed by atoms with Gasteiger partial charge in [0.15, 0.2) is 5.70 Å². The van der Waals surface area contributed by atoms with Crippen LogP contribution in [0.25, 0.3) is 6.08 Å². The fourth-order valence-electron chi connectivity index (χ4n) is 2.72. The van der Waals surface area contributed by atoms with Crippen LogP contribution in [0.5, 0.6) is 5.75 Å². The standard InChI is InChI=1S/C23H15Cl2NO3/c24-17-9-5-16(6-10-17)14-28-18-11-7-15(8-12-18)13-21-23(27)29-22(26-21)19-3-1-2-4-20(19)25/h1-13H,14H2/b21-13-. The molecular formula is C23H15Cl2NO3. The van der Waals surface area contributed by atoms with Crippen LogP contribution < -0.4 is 4.74 Å². The average Bonchev–Trinajstić information content (AvgIpc) is 3.09. The van der Waals surface area contributed by atoms with Crippen molar-refractivity contribution in [1.29, 1.82) is 0 Å². The molecule has 4 rings (SSSR count). The minimum atomic E-state index is -0.511. The molecule has 0 saturated carbocycles. The Morgan fingerprint density at radius 1 is 0.931 bits per heavy atom. The van der Waals surface area contributed by atoms with Crippen molar-refractivity contribution >= 4 is 41.1 Å². The van der Waals surface area contributed by atoms with Crippen molar-refractivity contribution in [1.82, 2.24) is 0 Å². The zero-order chi connectivity index (χ0) is 20.2. The molecule has 1 aliphatic rings. The molecule has 4 nitrogen and oxygen atoms in total. The molecule has 144 valence electrons. The van der Waals surface area contributed by atoms with E-state index >= 15 is 0 Å². The normalized spacial score (nSPS) is 14.6. The van der Waals surface area contributed by atoms with E-state index in [0.717, 1.165) is 16.9 Å². The van der Waals surface area contributed by atoms with Gasteiger partial charge in [0.2, 0.25) is 5.90 Å². The molecule has 0 spiro atoms. The molecule has 0 amide bonds. The molecule has 3 aromatic rings. The van der Waals surface area contributed by atoms with Crippen LogP contribution in [-0.4, -0.2) is 11.9 Å². The van der Waals surface area contributed by atoms with Crippen molar-refractivity contribution in [2.24, 2.45) is 4.99 Å². The lowest BCUT2D eigenvalue weighted by molar-refractivity contribution is -0.129. The minimum Gasteiger partial charge on any atom is -0.489 e. The summed E-state index contributed by atoms with van der Waals surface area (Å²) >= 11 is 12.0. The predicted molar refractivity (Wildman–Crippen MR) is 114 cm³/mol. The van der Waals surface area contributed by atoms with Gasteiger partial charge >= 0.3 is 5.97 Å². The van der Waals surface area contributed by atoms with Crippen molar-refractivity contribution in [2.45, 2.75) is 6.61 Å². The second kappa shape index (κ2) is 8.52. The van der Waals surface area contributed by atoms with Crippen LogP contribution in [0, 0.1) is 0 Å². The number of halogens is 2. The summed E-state index contributed by atoms with van der Waals surface area (Å²) in [4.78, 5) is 16.4. The Kier molecular flexibility index (Phi) is 5.65. The zero-order valence-corrected chi connectivity index (χ0v) is 16.7. The van der Waals surface area contributed by atoms with E-state index < -0.39 is 5.97 Å². The van der Waals surface area contributed by atoms with Crippen LogP contribution in [0.3, 0.4) is 0 Å². The topological polar surface area (TPSA) is 47.9 Å². The third-order valence-corrected chi connectivity index (χ3v) is 4.81. The summed E-state index contributed by atoms with van der Waals surface area (Å²) in [6, 6.07) is 21.9. The smallest absolute Gasteiger partial charge is 0.363 e. The lowest BCUT2D eigenvalue weighted by Gasteiger charge is -2.06. The summed E-state index contributed by atoms with van der Waals surface area (Å²) in [5.74, 6) is 0.411. The number of aliphatic imine (C=N–C) groups is 1. The first-order valence-corrected chi connectivity index (χ1v) is 9.59. The van der Waals surface area contributed by atoms with E-state index in [9.17, 15) is 4.79 Å². The van der Waals surface area contributed by atoms with Crippen LogP contribution >= 0.6 is 23.2 Å². The molecule has 3 aromatic carbocycles. The molecule has 29 heavy (non-hydrogen) atoms. The Balaban J connectivity index is 1.46. The van der Waals surface area contributed by atoms with Crippen molar-refractivity contribution in [3.05, 3.63) is 105 Å². The van der Waals surface area contributed by atoms with Crippen LogP contribution in [0.2, 0.25) is 10.0 Å². The number of nitrogens with zero attached hydrogens (tertiary/aromatic N) is 1. The first-order chi connectivity index (χ1) is 14.1. The summed E-state index contributed by atoms with van der Waals surface area (Å²) in [7, 11) is 0. The molecule has 0 N–H and O–H groups in total. The van der Waals surface area contributed by atoms with Crippen molar-refractivity contribution in [3.8, 4) is 5.75 Å². The Labute approximate surface area is 178 Å². The summed E-state index contributed by atoms with van der Waals surface area (Å²) < 4.78 is 11.0. The highest BCUT2D eigenvalue weighted by molar-refractivity contribution is 6.34. The van der Waals surface area contributed by atoms with Crippen LogP contribution in [0.1, 0.15) is 16.7 Å². The lowest BCUT2D eigenvalue weighted by atomic mass is 10.2. The maximum atomic E-state index is 12.1. The van der Waals surface area contributed by atoms with Crippen LogP contribution in [-0.2, 0) is 16.1 Å². The minimum absolute atomic E-state index is 0.203. The molecule has 6 heteroatoms. The van der Waals surface area contributed by atoms with Gasteiger partial charge in [-0.2, -0.15) is 0 Å². The molecule has 0 unspecified atom stereocenters. The van der Waals surface area contributed by atoms with Gasteiger partial charge in [0.05, 0.1) is 10.6 Å². The maximum Gasteiger partial charge on any atom is 0.363 e. The van der Waals surface area contributed by atoms with Gasteiger partial charge in [0, 0.05) is 5.02 Å². The number of benzene rings is 3. The second-order valence-corrected chi connectivity index (χ2v) is 7.14. The van der Waals surface area contributed by atoms with Gasteiger partial charge in [0.1, 0.15) is 12.4 Å². The van der Waals surface area contributed by atoms with E-state index in [-0.39, 0.29) is 11.6 Å². The summed E-state index contributed by atoms with van der Waals surface area (Å²) in [5.41, 5.74) is 2.63. The number of rotatable bonds is 5. The first-order valence-electron chi connectivity index (χ1n) is 8.83. The van der Waals surface area contributed by atoms with Gasteiger partial charge in [0.25, 0.3) is 0 Å². The van der Waals surface area contributed by atoms with E-state index in [1.54, 1.807) is 24.3 Å². The molecule has 0 aliphatic carbocycles. The number of hydrogen-bond donors (Lipinski definition) is 0. The Bertz CT molecular complexity index is 1100. The maximum absolute atomic E-state index is 12.1. The van der Waals surface area contributed by atoms with Crippen molar-refractivity contribution in [2.75, 3.05) is 0 Å². The Morgan fingerprint density at radius 3 is 2.38 bits per heavy atom. The van der Waals surface area contributed by atoms with E-state index in [4.69, 9.17) is 32.7 Å². The van der Waals surface area contributed by atoms with Crippen LogP contribution in [0.15, 0.2) is 83.5 Å². The van der Waals surface area contributed by atoms with E-state index in [1.165, 1.54) is 0 Å². The summed E-state index contributed by atoms with van der Waals surface area (Å²) in [6.45, 7) is 0.440. The highest BCUT2D eigenvalue weighted by Gasteiger charge is 2.25. The van der Waals surface area contributed by atoms with Gasteiger partial charge in [-0.25, -0.2) is 9.79 Å². The van der Waals surface area contributed by atoms with Gasteiger partial charge in [-0.1, -0.05) is 59.6 Å². The Hall–Kier alpha value is -3.08.